The van der Waals surface area contributed by atoms with Gasteiger partial charge in [-0.05, 0) is 37.0 Å². The maximum atomic E-state index is 9.68. The van der Waals surface area contributed by atoms with Crippen molar-refractivity contribution in [2.24, 2.45) is 17.8 Å². The van der Waals surface area contributed by atoms with E-state index in [0.717, 1.165) is 5.92 Å². The summed E-state index contributed by atoms with van der Waals surface area (Å²) < 4.78 is 0. The third-order valence-electron chi connectivity index (χ3n) is 3.24. The summed E-state index contributed by atoms with van der Waals surface area (Å²) >= 11 is 0. The smallest absolute Gasteiger partial charge is 0.0599 e. The Morgan fingerprint density at radius 1 is 1.40 bits per heavy atom. The predicted molar refractivity (Wildman–Crippen MR) is 40.6 cm³/mol. The van der Waals surface area contributed by atoms with Crippen LogP contribution in [0.15, 0.2) is 0 Å². The van der Waals surface area contributed by atoms with Gasteiger partial charge in [-0.15, -0.1) is 0 Å². The van der Waals surface area contributed by atoms with Crippen LogP contribution in [-0.2, 0) is 0 Å². The number of hydrogen-bond donors (Lipinski definition) is 1. The van der Waals surface area contributed by atoms with Crippen molar-refractivity contribution in [2.75, 3.05) is 0 Å². The van der Waals surface area contributed by atoms with Crippen molar-refractivity contribution in [1.82, 2.24) is 0 Å². The Balaban J connectivity index is 1.81. The van der Waals surface area contributed by atoms with Gasteiger partial charge < -0.3 is 5.11 Å². The second-order valence-corrected chi connectivity index (χ2v) is 4.06. The molecule has 0 aromatic rings. The molecule has 2 fully saturated rings. The van der Waals surface area contributed by atoms with E-state index < -0.39 is 0 Å². The Morgan fingerprint density at radius 3 is 2.30 bits per heavy atom. The average molecular weight is 140 g/mol. The van der Waals surface area contributed by atoms with E-state index in [-0.39, 0.29) is 6.10 Å². The molecule has 2 saturated carbocycles. The first kappa shape index (κ1) is 6.66. The Bertz CT molecular complexity index is 124. The van der Waals surface area contributed by atoms with E-state index >= 15 is 0 Å². The zero-order valence-electron chi connectivity index (χ0n) is 6.59. The minimum absolute atomic E-state index is 0.0590. The van der Waals surface area contributed by atoms with Gasteiger partial charge in [0.1, 0.15) is 0 Å². The molecule has 0 bridgehead atoms. The largest absolute Gasteiger partial charge is 0.393 e. The summed E-state index contributed by atoms with van der Waals surface area (Å²) in [4.78, 5) is 0. The Kier molecular flexibility index (Phi) is 1.48. The summed E-state index contributed by atoms with van der Waals surface area (Å²) in [5, 5.41) is 9.68. The van der Waals surface area contributed by atoms with Crippen LogP contribution in [-0.4, -0.2) is 11.2 Å². The van der Waals surface area contributed by atoms with Crippen molar-refractivity contribution in [3.8, 4) is 0 Å². The molecule has 3 unspecified atom stereocenters. The van der Waals surface area contributed by atoms with Gasteiger partial charge in [-0.1, -0.05) is 13.3 Å². The van der Waals surface area contributed by atoms with Gasteiger partial charge in [-0.25, -0.2) is 0 Å². The lowest BCUT2D eigenvalue weighted by Crippen LogP contribution is -2.28. The van der Waals surface area contributed by atoms with Crippen molar-refractivity contribution in [2.45, 2.75) is 38.7 Å². The van der Waals surface area contributed by atoms with E-state index in [4.69, 9.17) is 0 Å². The molecule has 0 aliphatic heterocycles. The Hall–Kier alpha value is -0.0400. The highest BCUT2D eigenvalue weighted by Gasteiger charge is 2.43. The first-order chi connectivity index (χ1) is 4.79. The molecule has 10 heavy (non-hydrogen) atoms. The molecular weight excluding hydrogens is 124 g/mol. The Labute approximate surface area is 62.4 Å². The van der Waals surface area contributed by atoms with Crippen molar-refractivity contribution in [1.29, 1.82) is 0 Å². The van der Waals surface area contributed by atoms with Crippen LogP contribution in [0.25, 0.3) is 0 Å². The molecule has 2 aliphatic carbocycles. The van der Waals surface area contributed by atoms with Gasteiger partial charge in [-0.2, -0.15) is 0 Å². The molecule has 1 nitrogen and oxygen atoms in total. The van der Waals surface area contributed by atoms with Crippen LogP contribution in [0.5, 0.6) is 0 Å². The van der Waals surface area contributed by atoms with E-state index in [1.54, 1.807) is 0 Å². The van der Waals surface area contributed by atoms with Crippen LogP contribution in [0.1, 0.15) is 32.6 Å². The van der Waals surface area contributed by atoms with Gasteiger partial charge in [0.15, 0.2) is 0 Å². The van der Waals surface area contributed by atoms with Crippen molar-refractivity contribution in [3.63, 3.8) is 0 Å². The molecule has 1 N–H and O–H groups in total. The molecule has 0 amide bonds. The molecule has 0 heterocycles. The standard InChI is InChI=1S/C9H16O/c1-6-5-8(6)9(10)7-3-2-4-7/h6-10H,2-5H2,1H3. The average Bonchev–Trinajstić information content (AvgIpc) is 2.41. The van der Waals surface area contributed by atoms with E-state index in [2.05, 4.69) is 6.92 Å². The summed E-state index contributed by atoms with van der Waals surface area (Å²) in [6.45, 7) is 2.24. The monoisotopic (exact) mass is 140 g/mol. The lowest BCUT2D eigenvalue weighted by atomic mass is 9.79. The third-order valence-corrected chi connectivity index (χ3v) is 3.24. The predicted octanol–water partition coefficient (Wildman–Crippen LogP) is 1.80. The molecule has 0 aromatic heterocycles. The molecule has 0 aromatic carbocycles. The third kappa shape index (κ3) is 0.968. The first-order valence-electron chi connectivity index (χ1n) is 4.47. The van der Waals surface area contributed by atoms with Gasteiger partial charge in [0.25, 0.3) is 0 Å². The van der Waals surface area contributed by atoms with Crippen molar-refractivity contribution >= 4 is 0 Å². The second kappa shape index (κ2) is 2.23. The maximum Gasteiger partial charge on any atom is 0.0599 e. The SMILES string of the molecule is CC1CC1C(O)C1CCC1. The first-order valence-corrected chi connectivity index (χ1v) is 4.47. The molecule has 3 atom stereocenters. The van der Waals surface area contributed by atoms with Crippen LogP contribution in [0.4, 0.5) is 0 Å². The van der Waals surface area contributed by atoms with E-state index in [1.807, 2.05) is 0 Å². The molecule has 2 rings (SSSR count). The fourth-order valence-corrected chi connectivity index (χ4v) is 1.96. The van der Waals surface area contributed by atoms with Gasteiger partial charge >= 0.3 is 0 Å². The van der Waals surface area contributed by atoms with Crippen LogP contribution in [0, 0.1) is 17.8 Å². The van der Waals surface area contributed by atoms with E-state index in [0.29, 0.717) is 11.8 Å². The van der Waals surface area contributed by atoms with Crippen LogP contribution >= 0.6 is 0 Å². The van der Waals surface area contributed by atoms with E-state index in [9.17, 15) is 5.11 Å². The summed E-state index contributed by atoms with van der Waals surface area (Å²) in [7, 11) is 0. The quantitative estimate of drug-likeness (QED) is 0.620. The summed E-state index contributed by atoms with van der Waals surface area (Å²) in [6.07, 6.45) is 5.25. The topological polar surface area (TPSA) is 20.2 Å². The Morgan fingerprint density at radius 2 is 2.00 bits per heavy atom. The minimum Gasteiger partial charge on any atom is -0.393 e. The molecule has 1 heteroatoms. The lowest BCUT2D eigenvalue weighted by molar-refractivity contribution is 0.0415. The molecule has 0 saturated heterocycles. The molecular formula is C9H16O. The fraction of sp³-hybridized carbons (Fsp3) is 1.00. The number of hydrogen-bond acceptors (Lipinski definition) is 1. The van der Waals surface area contributed by atoms with Crippen molar-refractivity contribution < 1.29 is 5.11 Å². The number of aliphatic hydroxyl groups is 1. The van der Waals surface area contributed by atoms with Crippen LogP contribution < -0.4 is 0 Å². The van der Waals surface area contributed by atoms with Crippen LogP contribution in [0.3, 0.4) is 0 Å². The van der Waals surface area contributed by atoms with E-state index in [1.165, 1.54) is 25.7 Å². The highest BCUT2D eigenvalue weighted by molar-refractivity contribution is 4.93. The zero-order valence-corrected chi connectivity index (χ0v) is 6.59. The van der Waals surface area contributed by atoms with Gasteiger partial charge in [0.2, 0.25) is 0 Å². The molecule has 58 valence electrons. The highest BCUT2D eigenvalue weighted by atomic mass is 16.3. The fourth-order valence-electron chi connectivity index (χ4n) is 1.96. The normalized spacial score (nSPS) is 42.6. The number of aliphatic hydroxyl groups excluding tert-OH is 1. The summed E-state index contributed by atoms with van der Waals surface area (Å²) in [5.41, 5.74) is 0. The minimum atomic E-state index is 0.0590. The molecule has 2 aliphatic rings. The zero-order chi connectivity index (χ0) is 7.14. The molecule has 0 radical (unpaired) electrons. The lowest BCUT2D eigenvalue weighted by Gasteiger charge is -2.30. The van der Waals surface area contributed by atoms with Crippen molar-refractivity contribution in [3.05, 3.63) is 0 Å². The maximum absolute atomic E-state index is 9.68. The second-order valence-electron chi connectivity index (χ2n) is 4.06. The van der Waals surface area contributed by atoms with Crippen LogP contribution in [0.2, 0.25) is 0 Å². The van der Waals surface area contributed by atoms with Gasteiger partial charge in [-0.3, -0.25) is 0 Å². The molecule has 0 spiro atoms. The summed E-state index contributed by atoms with van der Waals surface area (Å²) in [6, 6.07) is 0. The highest BCUT2D eigenvalue weighted by Crippen LogP contribution is 2.46. The van der Waals surface area contributed by atoms with Gasteiger partial charge in [0, 0.05) is 0 Å². The summed E-state index contributed by atoms with van der Waals surface area (Å²) in [5.74, 6) is 2.16. The van der Waals surface area contributed by atoms with Gasteiger partial charge in [0.05, 0.1) is 6.10 Å². The number of rotatable bonds is 2.